The van der Waals surface area contributed by atoms with Crippen LogP contribution in [0.2, 0.25) is 0 Å². The van der Waals surface area contributed by atoms with Gasteiger partial charge in [0.25, 0.3) is 0 Å². The molecule has 0 saturated heterocycles. The first-order valence-corrected chi connectivity index (χ1v) is 6.65. The maximum atomic E-state index is 10.6. The zero-order valence-corrected chi connectivity index (χ0v) is 11.1. The first-order valence-electron chi connectivity index (χ1n) is 6.65. The highest BCUT2D eigenvalue weighted by atomic mass is 16.5. The molecule has 18 heavy (non-hydrogen) atoms. The molecule has 3 heteroatoms. The molecule has 1 aromatic carbocycles. The number of unbranched alkanes of at least 4 members (excludes halogenated alkanes) is 1. The lowest BCUT2D eigenvalue weighted by Crippen LogP contribution is -2.16. The number of hydrogen-bond donors (Lipinski definition) is 0. The van der Waals surface area contributed by atoms with Crippen LogP contribution in [-0.2, 0) is 5.11 Å². The Morgan fingerprint density at radius 3 is 2.28 bits per heavy atom. The highest BCUT2D eigenvalue weighted by Crippen LogP contribution is 2.18. The number of ether oxygens (including phenoxy) is 1. The molecule has 3 nitrogen and oxygen atoms in total. The molecule has 0 amide bonds. The first kappa shape index (κ1) is 14.6. The summed E-state index contributed by atoms with van der Waals surface area (Å²) in [6.07, 6.45) is 5.71. The van der Waals surface area contributed by atoms with E-state index in [-0.39, 0.29) is 11.7 Å². The van der Waals surface area contributed by atoms with Crippen molar-refractivity contribution in [1.29, 1.82) is 0 Å². The average Bonchev–Trinajstić information content (AvgIpc) is 2.37. The van der Waals surface area contributed by atoms with Gasteiger partial charge in [0.2, 0.25) is 0 Å². The Morgan fingerprint density at radius 2 is 1.78 bits per heavy atom. The van der Waals surface area contributed by atoms with Gasteiger partial charge in [-0.15, -0.1) is 0 Å². The largest absolute Gasteiger partial charge is 0.490 e. The van der Waals surface area contributed by atoms with Gasteiger partial charge in [0.05, 0.1) is 11.7 Å². The number of benzene rings is 1. The van der Waals surface area contributed by atoms with E-state index in [1.807, 2.05) is 0 Å². The fourth-order valence-corrected chi connectivity index (χ4v) is 1.88. The molecule has 1 unspecified atom stereocenters. The minimum Gasteiger partial charge on any atom is -0.490 e. The summed E-state index contributed by atoms with van der Waals surface area (Å²) < 4.78 is 5.88. The summed E-state index contributed by atoms with van der Waals surface area (Å²) in [4.78, 5) is 10.6. The van der Waals surface area contributed by atoms with Crippen molar-refractivity contribution in [3.8, 4) is 5.75 Å². The van der Waals surface area contributed by atoms with Crippen LogP contribution in [0.25, 0.3) is 0 Å². The number of hydrogen-bond acceptors (Lipinski definition) is 2. The molecule has 1 radical (unpaired) electrons. The minimum absolute atomic E-state index is 0.183. The van der Waals surface area contributed by atoms with Crippen LogP contribution in [0.5, 0.6) is 5.75 Å². The highest BCUT2D eigenvalue weighted by molar-refractivity contribution is 5.87. The summed E-state index contributed by atoms with van der Waals surface area (Å²) in [7, 11) is 0. The van der Waals surface area contributed by atoms with Crippen LogP contribution < -0.4 is 4.74 Å². The van der Waals surface area contributed by atoms with Crippen molar-refractivity contribution in [2.45, 2.75) is 52.1 Å². The molecule has 0 aliphatic carbocycles. The molecule has 0 aliphatic rings. The molecular weight excluding hydrogens is 228 g/mol. The van der Waals surface area contributed by atoms with Crippen LogP contribution in [0.1, 0.15) is 56.3 Å². The normalized spacial score (nSPS) is 12.1. The molecular formula is C15H21O3. The summed E-state index contributed by atoms with van der Waals surface area (Å²) in [6, 6.07) is 6.43. The number of carbonyl (C=O) groups excluding carboxylic acids is 1. The molecule has 99 valence electrons. The highest BCUT2D eigenvalue weighted by Gasteiger charge is 2.10. The topological polar surface area (TPSA) is 46.2 Å². The smallest absolute Gasteiger partial charge is 0.386 e. The maximum Gasteiger partial charge on any atom is 0.386 e. The fraction of sp³-hybridized carbons (Fsp3) is 0.533. The van der Waals surface area contributed by atoms with E-state index in [0.29, 0.717) is 0 Å². The van der Waals surface area contributed by atoms with E-state index in [9.17, 15) is 9.90 Å². The summed E-state index contributed by atoms with van der Waals surface area (Å²) in [5, 5.41) is 10.6. The van der Waals surface area contributed by atoms with E-state index in [1.165, 1.54) is 12.1 Å². The first-order chi connectivity index (χ1) is 8.67. The Kier molecular flexibility index (Phi) is 6.26. The van der Waals surface area contributed by atoms with Crippen molar-refractivity contribution in [3.05, 3.63) is 29.8 Å². The second kappa shape index (κ2) is 7.75. The van der Waals surface area contributed by atoms with Crippen molar-refractivity contribution in [3.63, 3.8) is 0 Å². The Hall–Kier alpha value is -1.51. The molecule has 0 aromatic heterocycles. The van der Waals surface area contributed by atoms with Crippen LogP contribution in [0.4, 0.5) is 0 Å². The standard InChI is InChI=1S/C15H21O3/c1-3-5-7-13(6-4-2)18-14-10-8-12(9-11-14)15(16)17/h8-11,13H,3-7H2,1-2H3. The molecule has 1 rings (SSSR count). The van der Waals surface area contributed by atoms with Gasteiger partial charge < -0.3 is 4.74 Å². The van der Waals surface area contributed by atoms with Gasteiger partial charge in [-0.05, 0) is 37.1 Å². The van der Waals surface area contributed by atoms with E-state index >= 15 is 0 Å². The van der Waals surface area contributed by atoms with Crippen LogP contribution in [0, 0.1) is 0 Å². The minimum atomic E-state index is -1.15. The van der Waals surface area contributed by atoms with Gasteiger partial charge in [0.15, 0.2) is 0 Å². The lowest BCUT2D eigenvalue weighted by atomic mass is 10.1. The Labute approximate surface area is 109 Å². The molecule has 0 aliphatic heterocycles. The van der Waals surface area contributed by atoms with Crippen LogP contribution in [0.15, 0.2) is 24.3 Å². The van der Waals surface area contributed by atoms with E-state index in [4.69, 9.17) is 4.74 Å². The second-order valence-electron chi connectivity index (χ2n) is 4.48. The fourth-order valence-electron chi connectivity index (χ4n) is 1.88. The summed E-state index contributed by atoms with van der Waals surface area (Å²) in [5.74, 6) is -0.424. The van der Waals surface area contributed by atoms with Crippen LogP contribution >= 0.6 is 0 Å². The lowest BCUT2D eigenvalue weighted by molar-refractivity contribution is 0.0573. The maximum absolute atomic E-state index is 10.6. The van der Waals surface area contributed by atoms with Crippen molar-refractivity contribution >= 4 is 5.97 Å². The second-order valence-corrected chi connectivity index (χ2v) is 4.48. The van der Waals surface area contributed by atoms with Gasteiger partial charge >= 0.3 is 5.97 Å². The van der Waals surface area contributed by atoms with Crippen molar-refractivity contribution in [1.82, 2.24) is 0 Å². The van der Waals surface area contributed by atoms with E-state index < -0.39 is 5.97 Å². The molecule has 0 fully saturated rings. The Morgan fingerprint density at radius 1 is 1.11 bits per heavy atom. The molecule has 0 bridgehead atoms. The SMILES string of the molecule is CCCCC(CCC)Oc1ccc(C([O])=O)cc1. The third-order valence-corrected chi connectivity index (χ3v) is 2.88. The number of rotatable bonds is 8. The van der Waals surface area contributed by atoms with E-state index in [2.05, 4.69) is 13.8 Å². The zero-order chi connectivity index (χ0) is 13.4. The summed E-state index contributed by atoms with van der Waals surface area (Å²) in [5.41, 5.74) is 0.183. The molecule has 0 spiro atoms. The summed E-state index contributed by atoms with van der Waals surface area (Å²) >= 11 is 0. The monoisotopic (exact) mass is 249 g/mol. The molecule has 1 atom stereocenters. The van der Waals surface area contributed by atoms with Crippen molar-refractivity contribution in [2.24, 2.45) is 0 Å². The van der Waals surface area contributed by atoms with Gasteiger partial charge in [-0.1, -0.05) is 33.1 Å². The lowest BCUT2D eigenvalue weighted by Gasteiger charge is -2.18. The Balaban J connectivity index is 2.59. The molecule has 0 N–H and O–H groups in total. The van der Waals surface area contributed by atoms with Gasteiger partial charge in [0, 0.05) is 0 Å². The Bertz CT molecular complexity index is 357. The number of carbonyl (C=O) groups is 1. The van der Waals surface area contributed by atoms with Crippen LogP contribution in [-0.4, -0.2) is 12.1 Å². The third-order valence-electron chi connectivity index (χ3n) is 2.88. The molecule has 0 saturated carbocycles. The predicted octanol–water partition coefficient (Wildman–Crippen LogP) is 4.00. The van der Waals surface area contributed by atoms with Gasteiger partial charge in [-0.25, -0.2) is 9.90 Å². The van der Waals surface area contributed by atoms with Gasteiger partial charge in [0.1, 0.15) is 5.75 Å². The van der Waals surface area contributed by atoms with E-state index in [0.717, 1.165) is 37.9 Å². The molecule has 0 heterocycles. The van der Waals surface area contributed by atoms with Crippen molar-refractivity contribution < 1.29 is 14.6 Å². The molecule has 1 aromatic rings. The average molecular weight is 249 g/mol. The zero-order valence-electron chi connectivity index (χ0n) is 11.1. The summed E-state index contributed by atoms with van der Waals surface area (Å²) in [6.45, 7) is 4.30. The van der Waals surface area contributed by atoms with Crippen molar-refractivity contribution in [2.75, 3.05) is 0 Å². The van der Waals surface area contributed by atoms with Gasteiger partial charge in [-0.2, -0.15) is 0 Å². The quantitative estimate of drug-likeness (QED) is 0.699. The van der Waals surface area contributed by atoms with Gasteiger partial charge in [-0.3, -0.25) is 0 Å². The predicted molar refractivity (Wildman–Crippen MR) is 70.3 cm³/mol. The third kappa shape index (κ3) is 4.78. The van der Waals surface area contributed by atoms with E-state index in [1.54, 1.807) is 12.1 Å². The van der Waals surface area contributed by atoms with Crippen LogP contribution in [0.3, 0.4) is 0 Å².